The molecule has 1 fully saturated rings. The van der Waals surface area contributed by atoms with E-state index < -0.39 is 5.60 Å². The van der Waals surface area contributed by atoms with Crippen LogP contribution < -0.4 is 5.73 Å². The molecular formula is C7H16ClNO. The first-order valence-electron chi connectivity index (χ1n) is 3.63. The smallest absolute Gasteiger partial charge is 0.0795 e. The number of hydrogen-bond acceptors (Lipinski definition) is 2. The molecule has 0 heterocycles. The molecule has 1 saturated carbocycles. The van der Waals surface area contributed by atoms with Crippen LogP contribution in [0.1, 0.15) is 32.6 Å². The third-order valence-electron chi connectivity index (χ3n) is 2.32. The summed E-state index contributed by atoms with van der Waals surface area (Å²) in [6, 6.07) is -0.0556. The lowest BCUT2D eigenvalue weighted by molar-refractivity contribution is 0.0267. The van der Waals surface area contributed by atoms with Crippen LogP contribution in [0.15, 0.2) is 0 Å². The van der Waals surface area contributed by atoms with E-state index in [0.717, 1.165) is 25.7 Å². The van der Waals surface area contributed by atoms with Gasteiger partial charge in [-0.1, -0.05) is 12.8 Å². The minimum atomic E-state index is -0.528. The van der Waals surface area contributed by atoms with Gasteiger partial charge in [0, 0.05) is 6.04 Å². The van der Waals surface area contributed by atoms with Gasteiger partial charge in [0.25, 0.3) is 0 Å². The summed E-state index contributed by atoms with van der Waals surface area (Å²) in [7, 11) is 0. The lowest BCUT2D eigenvalue weighted by Crippen LogP contribution is -2.43. The van der Waals surface area contributed by atoms with Crippen LogP contribution in [0.2, 0.25) is 0 Å². The van der Waals surface area contributed by atoms with E-state index in [1.54, 1.807) is 0 Å². The van der Waals surface area contributed by atoms with Gasteiger partial charge in [0.2, 0.25) is 0 Å². The second kappa shape index (κ2) is 3.56. The van der Waals surface area contributed by atoms with E-state index in [1.165, 1.54) is 0 Å². The van der Waals surface area contributed by atoms with E-state index in [0.29, 0.717) is 0 Å². The molecular weight excluding hydrogens is 150 g/mol. The molecule has 0 aliphatic heterocycles. The molecule has 0 aromatic carbocycles. The summed E-state index contributed by atoms with van der Waals surface area (Å²) >= 11 is 0. The summed E-state index contributed by atoms with van der Waals surface area (Å²) in [5.74, 6) is 0. The van der Waals surface area contributed by atoms with Crippen LogP contribution in [0.5, 0.6) is 0 Å². The Bertz CT molecular complexity index is 99.8. The SMILES string of the molecule is C[C@@H](N)C1(O)CCCC1.Cl. The molecule has 0 amide bonds. The zero-order valence-corrected chi connectivity index (χ0v) is 7.16. The zero-order valence-electron chi connectivity index (χ0n) is 6.34. The quantitative estimate of drug-likeness (QED) is 0.611. The van der Waals surface area contributed by atoms with Crippen LogP contribution in [-0.4, -0.2) is 16.7 Å². The van der Waals surface area contributed by atoms with Gasteiger partial charge in [0.15, 0.2) is 0 Å². The lowest BCUT2D eigenvalue weighted by Gasteiger charge is -2.26. The molecule has 1 rings (SSSR count). The van der Waals surface area contributed by atoms with Crippen LogP contribution in [0, 0.1) is 0 Å². The lowest BCUT2D eigenvalue weighted by atomic mass is 9.95. The molecule has 62 valence electrons. The highest BCUT2D eigenvalue weighted by Gasteiger charge is 2.34. The fraction of sp³-hybridized carbons (Fsp3) is 1.00. The average molecular weight is 166 g/mol. The Kier molecular flexibility index (Phi) is 3.63. The van der Waals surface area contributed by atoms with Gasteiger partial charge in [0.05, 0.1) is 5.60 Å². The maximum absolute atomic E-state index is 9.64. The van der Waals surface area contributed by atoms with Crippen molar-refractivity contribution >= 4 is 12.4 Å². The van der Waals surface area contributed by atoms with E-state index in [2.05, 4.69) is 0 Å². The summed E-state index contributed by atoms with van der Waals surface area (Å²) in [5, 5.41) is 9.64. The van der Waals surface area contributed by atoms with Crippen molar-refractivity contribution in [2.24, 2.45) is 5.73 Å². The van der Waals surface area contributed by atoms with Crippen molar-refractivity contribution in [3.8, 4) is 0 Å². The average Bonchev–Trinajstić information content (AvgIpc) is 2.16. The molecule has 0 aromatic rings. The number of rotatable bonds is 1. The summed E-state index contributed by atoms with van der Waals surface area (Å²) in [6.45, 7) is 1.88. The Morgan fingerprint density at radius 2 is 1.80 bits per heavy atom. The van der Waals surface area contributed by atoms with E-state index in [9.17, 15) is 5.11 Å². The van der Waals surface area contributed by atoms with E-state index >= 15 is 0 Å². The van der Waals surface area contributed by atoms with Crippen LogP contribution in [0.25, 0.3) is 0 Å². The molecule has 0 radical (unpaired) electrons. The monoisotopic (exact) mass is 165 g/mol. The Labute approximate surface area is 68.2 Å². The van der Waals surface area contributed by atoms with Gasteiger partial charge in [0.1, 0.15) is 0 Å². The topological polar surface area (TPSA) is 46.2 Å². The summed E-state index contributed by atoms with van der Waals surface area (Å²) < 4.78 is 0. The third kappa shape index (κ3) is 1.84. The number of halogens is 1. The highest BCUT2D eigenvalue weighted by Crippen LogP contribution is 2.31. The minimum absolute atomic E-state index is 0. The maximum atomic E-state index is 9.64. The second-order valence-corrected chi connectivity index (χ2v) is 3.10. The first-order chi connectivity index (χ1) is 4.15. The number of hydrogen-bond donors (Lipinski definition) is 2. The molecule has 0 unspecified atom stereocenters. The molecule has 3 N–H and O–H groups in total. The fourth-order valence-electron chi connectivity index (χ4n) is 1.44. The number of nitrogens with two attached hydrogens (primary N) is 1. The molecule has 10 heavy (non-hydrogen) atoms. The maximum Gasteiger partial charge on any atom is 0.0795 e. The van der Waals surface area contributed by atoms with Gasteiger partial charge in [-0.25, -0.2) is 0 Å². The Morgan fingerprint density at radius 3 is 2.00 bits per heavy atom. The number of aliphatic hydroxyl groups is 1. The van der Waals surface area contributed by atoms with Crippen molar-refractivity contribution < 1.29 is 5.11 Å². The largest absolute Gasteiger partial charge is 0.388 e. The molecule has 3 heteroatoms. The van der Waals surface area contributed by atoms with E-state index in [-0.39, 0.29) is 18.4 Å². The molecule has 1 aliphatic rings. The Hall–Kier alpha value is 0.210. The Balaban J connectivity index is 0.000000810. The predicted molar refractivity (Wildman–Crippen MR) is 44.3 cm³/mol. The highest BCUT2D eigenvalue weighted by molar-refractivity contribution is 5.85. The normalized spacial score (nSPS) is 25.5. The molecule has 0 aromatic heterocycles. The van der Waals surface area contributed by atoms with Crippen molar-refractivity contribution in [1.82, 2.24) is 0 Å². The molecule has 0 spiro atoms. The van der Waals surface area contributed by atoms with Crippen LogP contribution >= 0.6 is 12.4 Å². The van der Waals surface area contributed by atoms with Gasteiger partial charge in [-0.2, -0.15) is 0 Å². The van der Waals surface area contributed by atoms with Crippen LogP contribution in [0.4, 0.5) is 0 Å². The summed E-state index contributed by atoms with van der Waals surface area (Å²) in [5.41, 5.74) is 5.05. The molecule has 1 atom stereocenters. The van der Waals surface area contributed by atoms with Crippen molar-refractivity contribution in [1.29, 1.82) is 0 Å². The first kappa shape index (κ1) is 10.2. The molecule has 0 saturated heterocycles. The molecule has 2 nitrogen and oxygen atoms in total. The summed E-state index contributed by atoms with van der Waals surface area (Å²) in [4.78, 5) is 0. The van der Waals surface area contributed by atoms with Crippen molar-refractivity contribution in [3.63, 3.8) is 0 Å². The van der Waals surface area contributed by atoms with Crippen molar-refractivity contribution in [2.45, 2.75) is 44.2 Å². The fourth-order valence-corrected chi connectivity index (χ4v) is 1.44. The zero-order chi connectivity index (χ0) is 6.91. The third-order valence-corrected chi connectivity index (χ3v) is 2.32. The second-order valence-electron chi connectivity index (χ2n) is 3.10. The standard InChI is InChI=1S/C7H15NO.ClH/c1-6(8)7(9)4-2-3-5-7;/h6,9H,2-5,8H2,1H3;1H/t6-;/m1./s1. The van der Waals surface area contributed by atoms with Crippen molar-refractivity contribution in [2.75, 3.05) is 0 Å². The van der Waals surface area contributed by atoms with Crippen LogP contribution in [0.3, 0.4) is 0 Å². The highest BCUT2D eigenvalue weighted by atomic mass is 35.5. The van der Waals surface area contributed by atoms with E-state index in [1.807, 2.05) is 6.92 Å². The molecule has 1 aliphatic carbocycles. The van der Waals surface area contributed by atoms with Gasteiger partial charge in [-0.05, 0) is 19.8 Å². The van der Waals surface area contributed by atoms with Gasteiger partial charge < -0.3 is 10.8 Å². The minimum Gasteiger partial charge on any atom is -0.388 e. The molecule has 0 bridgehead atoms. The Morgan fingerprint density at radius 1 is 1.40 bits per heavy atom. The summed E-state index contributed by atoms with van der Waals surface area (Å²) in [6.07, 6.45) is 4.06. The van der Waals surface area contributed by atoms with Gasteiger partial charge in [-0.15, -0.1) is 12.4 Å². The van der Waals surface area contributed by atoms with Gasteiger partial charge >= 0.3 is 0 Å². The first-order valence-corrected chi connectivity index (χ1v) is 3.63. The van der Waals surface area contributed by atoms with Crippen LogP contribution in [-0.2, 0) is 0 Å². The van der Waals surface area contributed by atoms with E-state index in [4.69, 9.17) is 5.73 Å². The van der Waals surface area contributed by atoms with Crippen molar-refractivity contribution in [3.05, 3.63) is 0 Å². The van der Waals surface area contributed by atoms with Gasteiger partial charge in [-0.3, -0.25) is 0 Å². The predicted octanol–water partition coefficient (Wildman–Crippen LogP) is 1.06.